The van der Waals surface area contributed by atoms with Crippen LogP contribution in [-0.4, -0.2) is 26.8 Å². The van der Waals surface area contributed by atoms with Crippen molar-refractivity contribution in [2.75, 3.05) is 5.75 Å². The Morgan fingerprint density at radius 1 is 1.35 bits per heavy atom. The van der Waals surface area contributed by atoms with E-state index in [1.54, 1.807) is 18.2 Å². The molecule has 23 heavy (non-hydrogen) atoms. The molecule has 0 spiro atoms. The second-order valence-electron chi connectivity index (χ2n) is 4.36. The summed E-state index contributed by atoms with van der Waals surface area (Å²) in [7, 11) is 0. The second kappa shape index (κ2) is 7.58. The van der Waals surface area contributed by atoms with Crippen LogP contribution < -0.4 is 5.56 Å². The number of nitriles is 1. The molecule has 116 valence electrons. The maximum atomic E-state index is 11.7. The van der Waals surface area contributed by atoms with Gasteiger partial charge >= 0.3 is 5.97 Å². The average molecular weight is 345 g/mol. The quantitative estimate of drug-likeness (QED) is 0.568. The highest BCUT2D eigenvalue weighted by Gasteiger charge is 2.06. The molecule has 0 saturated heterocycles. The van der Waals surface area contributed by atoms with Crippen molar-refractivity contribution in [3.8, 4) is 6.07 Å². The van der Waals surface area contributed by atoms with Gasteiger partial charge in [-0.1, -0.05) is 24.3 Å². The Kier molecular flexibility index (Phi) is 5.51. The van der Waals surface area contributed by atoms with Gasteiger partial charge in [0.15, 0.2) is 4.77 Å². The molecule has 0 aliphatic heterocycles. The molecule has 6 nitrogen and oxygen atoms in total. The second-order valence-corrected chi connectivity index (χ2v) is 5.79. The number of hydrogen-bond donors (Lipinski definition) is 3. The number of thioether (sulfide) groups is 1. The first-order valence-electron chi connectivity index (χ1n) is 6.39. The van der Waals surface area contributed by atoms with Gasteiger partial charge in [0.05, 0.1) is 11.4 Å². The van der Waals surface area contributed by atoms with Crippen LogP contribution in [0.15, 0.2) is 34.0 Å². The topological polar surface area (TPSA) is 110 Å². The number of rotatable bonds is 5. The Morgan fingerprint density at radius 3 is 2.78 bits per heavy atom. The van der Waals surface area contributed by atoms with Gasteiger partial charge in [0, 0.05) is 4.90 Å². The van der Waals surface area contributed by atoms with E-state index in [4.69, 9.17) is 22.6 Å². The van der Waals surface area contributed by atoms with E-state index in [1.807, 2.05) is 24.3 Å². The minimum atomic E-state index is -0.903. The molecule has 1 aromatic carbocycles. The van der Waals surface area contributed by atoms with Crippen molar-refractivity contribution < 1.29 is 9.90 Å². The molecular formula is C15H11N3O3S2. The lowest BCUT2D eigenvalue weighted by Crippen LogP contribution is -2.13. The van der Waals surface area contributed by atoms with Crippen LogP contribution >= 0.6 is 24.0 Å². The fraction of sp³-hybridized carbons (Fsp3) is 0.0667. The lowest BCUT2D eigenvalue weighted by Gasteiger charge is -2.04. The molecule has 0 aliphatic carbocycles. The maximum Gasteiger partial charge on any atom is 0.313 e. The Balaban J connectivity index is 2.39. The van der Waals surface area contributed by atoms with Crippen LogP contribution in [0, 0.1) is 16.1 Å². The van der Waals surface area contributed by atoms with E-state index >= 15 is 0 Å². The first-order valence-corrected chi connectivity index (χ1v) is 7.79. The maximum absolute atomic E-state index is 11.7. The van der Waals surface area contributed by atoms with Gasteiger partial charge in [-0.25, -0.2) is 0 Å². The fourth-order valence-electron chi connectivity index (χ4n) is 1.80. The Bertz CT molecular complexity index is 923. The zero-order valence-electron chi connectivity index (χ0n) is 11.7. The van der Waals surface area contributed by atoms with Crippen molar-refractivity contribution in [3.05, 3.63) is 56.2 Å². The highest BCUT2D eigenvalue weighted by molar-refractivity contribution is 8.00. The third-order valence-electron chi connectivity index (χ3n) is 2.78. The van der Waals surface area contributed by atoms with Gasteiger partial charge in [-0.2, -0.15) is 5.26 Å². The monoisotopic (exact) mass is 345 g/mol. The molecule has 0 bridgehead atoms. The standard InChI is InChI=1S/C15H11N3O3S2/c16-7-10-11(17-15(22)18-14(10)21)6-5-9-3-1-2-4-12(9)23-8-13(19)20/h1-6H,8H2,(H,19,20)(H2,17,18,21,22). The van der Waals surface area contributed by atoms with Crippen molar-refractivity contribution in [2.24, 2.45) is 0 Å². The molecule has 1 aromatic heterocycles. The highest BCUT2D eigenvalue weighted by atomic mass is 32.2. The number of aliphatic carboxylic acids is 1. The molecule has 0 atom stereocenters. The summed E-state index contributed by atoms with van der Waals surface area (Å²) in [4.78, 5) is 28.3. The lowest BCUT2D eigenvalue weighted by atomic mass is 10.1. The molecule has 3 N–H and O–H groups in total. The smallest absolute Gasteiger partial charge is 0.313 e. The molecule has 0 radical (unpaired) electrons. The lowest BCUT2D eigenvalue weighted by molar-refractivity contribution is -0.133. The van der Waals surface area contributed by atoms with Crippen molar-refractivity contribution in [1.29, 1.82) is 5.26 Å². The molecule has 8 heteroatoms. The number of aromatic nitrogens is 2. The Hall–Kier alpha value is -2.63. The number of nitrogens with zero attached hydrogens (tertiary/aromatic N) is 1. The van der Waals surface area contributed by atoms with E-state index in [9.17, 15) is 9.59 Å². The summed E-state index contributed by atoms with van der Waals surface area (Å²) >= 11 is 6.09. The minimum Gasteiger partial charge on any atom is -0.481 e. The number of hydrogen-bond acceptors (Lipinski definition) is 5. The predicted octanol–water partition coefficient (Wildman–Crippen LogP) is 2.65. The van der Waals surface area contributed by atoms with E-state index in [0.29, 0.717) is 5.69 Å². The Morgan fingerprint density at radius 2 is 2.09 bits per heavy atom. The minimum absolute atomic E-state index is 0.0538. The molecule has 0 saturated carbocycles. The van der Waals surface area contributed by atoms with E-state index in [1.165, 1.54) is 11.8 Å². The van der Waals surface area contributed by atoms with Crippen LogP contribution in [0.3, 0.4) is 0 Å². The third-order valence-corrected chi connectivity index (χ3v) is 4.06. The third kappa shape index (κ3) is 4.42. The zero-order valence-corrected chi connectivity index (χ0v) is 13.3. The van der Waals surface area contributed by atoms with Crippen molar-refractivity contribution >= 4 is 42.1 Å². The van der Waals surface area contributed by atoms with Gasteiger partial charge in [0.25, 0.3) is 5.56 Å². The molecule has 2 aromatic rings. The molecule has 0 fully saturated rings. The zero-order chi connectivity index (χ0) is 16.8. The van der Waals surface area contributed by atoms with E-state index in [2.05, 4.69) is 9.97 Å². The van der Waals surface area contributed by atoms with Crippen LogP contribution in [0.1, 0.15) is 16.8 Å². The van der Waals surface area contributed by atoms with E-state index in [-0.39, 0.29) is 16.1 Å². The summed E-state index contributed by atoms with van der Waals surface area (Å²) in [6.07, 6.45) is 3.27. The SMILES string of the molecule is N#Cc1c(C=Cc2ccccc2SCC(=O)O)[nH]c(=S)[nH]c1=O. The molecule has 0 amide bonds. The summed E-state index contributed by atoms with van der Waals surface area (Å²) < 4.78 is 0.127. The molecule has 0 aliphatic rings. The number of aromatic amines is 2. The number of carboxylic acids is 1. The van der Waals surface area contributed by atoms with Crippen molar-refractivity contribution in [2.45, 2.75) is 4.90 Å². The first kappa shape index (κ1) is 16.7. The number of H-pyrrole nitrogens is 2. The number of benzene rings is 1. The number of carboxylic acid groups (broad SMARTS) is 1. The molecular weight excluding hydrogens is 334 g/mol. The summed E-state index contributed by atoms with van der Waals surface area (Å²) in [6.45, 7) is 0. The molecule has 0 unspecified atom stereocenters. The van der Waals surface area contributed by atoms with Crippen LogP contribution in [0.5, 0.6) is 0 Å². The number of nitrogens with one attached hydrogen (secondary N) is 2. The Labute approximate surface area is 140 Å². The predicted molar refractivity (Wildman–Crippen MR) is 90.7 cm³/mol. The first-order chi connectivity index (χ1) is 11.0. The van der Waals surface area contributed by atoms with E-state index in [0.717, 1.165) is 10.5 Å². The van der Waals surface area contributed by atoms with Gasteiger partial charge < -0.3 is 10.1 Å². The summed E-state index contributed by atoms with van der Waals surface area (Å²) in [5.74, 6) is -0.957. The number of carbonyl (C=O) groups is 1. The van der Waals surface area contributed by atoms with Crippen LogP contribution in [0.25, 0.3) is 12.2 Å². The molecule has 1 heterocycles. The summed E-state index contributed by atoms with van der Waals surface area (Å²) in [5, 5.41) is 17.8. The molecule has 2 rings (SSSR count). The normalized spacial score (nSPS) is 10.6. The van der Waals surface area contributed by atoms with Gasteiger partial charge in [-0.3, -0.25) is 14.6 Å². The van der Waals surface area contributed by atoms with Gasteiger partial charge in [-0.15, -0.1) is 11.8 Å². The van der Waals surface area contributed by atoms with Gasteiger partial charge in [0.2, 0.25) is 0 Å². The summed E-state index contributed by atoms with van der Waals surface area (Å²) in [6, 6.07) is 9.07. The van der Waals surface area contributed by atoms with Crippen LogP contribution in [0.2, 0.25) is 0 Å². The van der Waals surface area contributed by atoms with Crippen molar-refractivity contribution in [1.82, 2.24) is 9.97 Å². The van der Waals surface area contributed by atoms with Crippen LogP contribution in [0.4, 0.5) is 0 Å². The van der Waals surface area contributed by atoms with Crippen molar-refractivity contribution in [3.63, 3.8) is 0 Å². The summed E-state index contributed by atoms with van der Waals surface area (Å²) in [5.41, 5.74) is 0.469. The highest BCUT2D eigenvalue weighted by Crippen LogP contribution is 2.24. The van der Waals surface area contributed by atoms with Crippen LogP contribution in [-0.2, 0) is 4.79 Å². The largest absolute Gasteiger partial charge is 0.481 e. The average Bonchev–Trinajstić information content (AvgIpc) is 2.51. The fourth-order valence-corrected chi connectivity index (χ4v) is 2.76. The van der Waals surface area contributed by atoms with Gasteiger partial charge in [0.1, 0.15) is 11.6 Å². The van der Waals surface area contributed by atoms with Gasteiger partial charge in [-0.05, 0) is 29.9 Å². The van der Waals surface area contributed by atoms with E-state index < -0.39 is 11.5 Å².